The van der Waals surface area contributed by atoms with E-state index in [-0.39, 0.29) is 21.9 Å². The molecular formula is C19H14FN3O7S. The summed E-state index contributed by atoms with van der Waals surface area (Å²) in [4.78, 5) is 47.8. The fraction of sp³-hybridized carbons (Fsp3) is 0.105. The number of halogens is 1. The topological polar surface area (TPSA) is 139 Å². The van der Waals surface area contributed by atoms with Crippen molar-refractivity contribution in [2.24, 2.45) is 0 Å². The molecule has 0 aromatic heterocycles. The molecule has 1 fully saturated rings. The van der Waals surface area contributed by atoms with E-state index in [2.05, 4.69) is 5.32 Å². The van der Waals surface area contributed by atoms with Crippen molar-refractivity contribution in [1.29, 1.82) is 0 Å². The van der Waals surface area contributed by atoms with Crippen LogP contribution < -0.4 is 10.1 Å². The van der Waals surface area contributed by atoms with Gasteiger partial charge in [0.1, 0.15) is 12.4 Å². The summed E-state index contributed by atoms with van der Waals surface area (Å²) >= 11 is 0.501. The third kappa shape index (κ3) is 4.80. The number of thioether (sulfide) groups is 1. The lowest BCUT2D eigenvalue weighted by atomic mass is 10.1. The molecule has 0 bridgehead atoms. The number of phenolic OH excluding ortho intramolecular Hbond substituents is 1. The molecule has 2 aromatic rings. The molecule has 1 aliphatic rings. The molecule has 3 rings (SSSR count). The number of aromatic hydroxyl groups is 1. The van der Waals surface area contributed by atoms with E-state index in [0.717, 1.165) is 24.3 Å². The summed E-state index contributed by atoms with van der Waals surface area (Å²) in [5.41, 5.74) is -0.350. The molecule has 10 nitrogen and oxygen atoms in total. The molecule has 2 N–H and O–H groups in total. The molecule has 3 amide bonds. The zero-order valence-corrected chi connectivity index (χ0v) is 16.6. The Balaban J connectivity index is 1.81. The second-order valence-corrected chi connectivity index (χ2v) is 7.16. The number of hydrogen-bond acceptors (Lipinski definition) is 8. The van der Waals surface area contributed by atoms with E-state index in [4.69, 9.17) is 4.74 Å². The lowest BCUT2D eigenvalue weighted by Gasteiger charge is -2.12. The number of phenols is 1. The molecule has 1 saturated heterocycles. The van der Waals surface area contributed by atoms with E-state index >= 15 is 0 Å². The van der Waals surface area contributed by atoms with E-state index in [1.807, 2.05) is 0 Å². The number of methoxy groups -OCH3 is 1. The minimum atomic E-state index is -0.825. The Morgan fingerprint density at radius 3 is 2.74 bits per heavy atom. The number of hydrogen-bond donors (Lipinski definition) is 2. The van der Waals surface area contributed by atoms with Crippen LogP contribution in [0.5, 0.6) is 11.5 Å². The SMILES string of the molecule is COc1cc([N+](=O)[O-])cc(/C=C2/SC(=O)N(CC(=O)Nc3cccc(F)c3)C2=O)c1O. The molecule has 12 heteroatoms. The van der Waals surface area contributed by atoms with Gasteiger partial charge in [0.15, 0.2) is 11.5 Å². The van der Waals surface area contributed by atoms with Crippen molar-refractivity contribution in [3.05, 3.63) is 62.8 Å². The van der Waals surface area contributed by atoms with Crippen LogP contribution in [-0.4, -0.2) is 45.6 Å². The fourth-order valence-electron chi connectivity index (χ4n) is 2.67. The van der Waals surface area contributed by atoms with Crippen molar-refractivity contribution >= 4 is 46.3 Å². The number of anilines is 1. The Bertz CT molecular complexity index is 1140. The van der Waals surface area contributed by atoms with Gasteiger partial charge in [-0.1, -0.05) is 6.07 Å². The number of nitro groups is 1. The van der Waals surface area contributed by atoms with Gasteiger partial charge < -0.3 is 15.2 Å². The maximum atomic E-state index is 13.2. The van der Waals surface area contributed by atoms with E-state index in [0.29, 0.717) is 16.7 Å². The molecule has 0 saturated carbocycles. The molecule has 1 heterocycles. The molecule has 1 aliphatic heterocycles. The van der Waals surface area contributed by atoms with Crippen LogP contribution in [0.3, 0.4) is 0 Å². The average Bonchev–Trinajstić information content (AvgIpc) is 2.96. The number of rotatable bonds is 6. The Morgan fingerprint density at radius 1 is 1.35 bits per heavy atom. The van der Waals surface area contributed by atoms with Gasteiger partial charge in [0.05, 0.1) is 23.0 Å². The Morgan fingerprint density at radius 2 is 2.10 bits per heavy atom. The number of carbonyl (C=O) groups excluding carboxylic acids is 3. The van der Waals surface area contributed by atoms with Gasteiger partial charge in [-0.15, -0.1) is 0 Å². The number of nitrogens with zero attached hydrogens (tertiary/aromatic N) is 2. The molecule has 160 valence electrons. The minimum Gasteiger partial charge on any atom is -0.504 e. The molecule has 0 atom stereocenters. The third-order valence-electron chi connectivity index (χ3n) is 4.09. The zero-order valence-electron chi connectivity index (χ0n) is 15.8. The third-order valence-corrected chi connectivity index (χ3v) is 5.00. The number of amides is 3. The summed E-state index contributed by atoms with van der Waals surface area (Å²) in [6.07, 6.45) is 1.10. The van der Waals surface area contributed by atoms with Gasteiger partial charge in [0, 0.05) is 17.3 Å². The Kier molecular flexibility index (Phi) is 6.20. The normalized spacial score (nSPS) is 14.8. The smallest absolute Gasteiger partial charge is 0.294 e. The standard InChI is InChI=1S/C19H14FN3O7S/c1-30-14-8-13(23(28)29)5-10(17(14)25)6-15-18(26)22(19(27)31-15)9-16(24)21-12-4-2-3-11(20)7-12/h2-8,25H,9H2,1H3,(H,21,24)/b15-6+. The number of ether oxygens (including phenoxy) is 1. The highest BCUT2D eigenvalue weighted by Gasteiger charge is 2.36. The van der Waals surface area contributed by atoms with E-state index in [9.17, 15) is 34.0 Å². The highest BCUT2D eigenvalue weighted by molar-refractivity contribution is 8.18. The lowest BCUT2D eigenvalue weighted by molar-refractivity contribution is -0.385. The number of non-ortho nitro benzene ring substituents is 1. The number of imide groups is 1. The fourth-order valence-corrected chi connectivity index (χ4v) is 3.50. The molecule has 0 unspecified atom stereocenters. The number of benzene rings is 2. The van der Waals surface area contributed by atoms with Crippen molar-refractivity contribution in [1.82, 2.24) is 4.90 Å². The van der Waals surface area contributed by atoms with Crippen LogP contribution in [-0.2, 0) is 9.59 Å². The van der Waals surface area contributed by atoms with Crippen molar-refractivity contribution in [2.75, 3.05) is 19.0 Å². The summed E-state index contributed by atoms with van der Waals surface area (Å²) in [5, 5.41) is 22.9. The van der Waals surface area contributed by atoms with Crippen molar-refractivity contribution in [3.8, 4) is 11.5 Å². The average molecular weight is 447 g/mol. The monoisotopic (exact) mass is 447 g/mol. The highest BCUT2D eigenvalue weighted by Crippen LogP contribution is 2.39. The van der Waals surface area contributed by atoms with Gasteiger partial charge >= 0.3 is 0 Å². The molecule has 0 radical (unpaired) electrons. The van der Waals surface area contributed by atoms with Crippen molar-refractivity contribution in [3.63, 3.8) is 0 Å². The first-order valence-corrected chi connectivity index (χ1v) is 9.37. The molecule has 2 aromatic carbocycles. The summed E-state index contributed by atoms with van der Waals surface area (Å²) in [5.74, 6) is -2.76. The molecule has 31 heavy (non-hydrogen) atoms. The van der Waals surface area contributed by atoms with Crippen LogP contribution in [0.2, 0.25) is 0 Å². The van der Waals surface area contributed by atoms with Gasteiger partial charge in [0.2, 0.25) is 5.91 Å². The summed E-state index contributed by atoms with van der Waals surface area (Å²) in [6.45, 7) is -0.622. The van der Waals surface area contributed by atoms with Gasteiger partial charge in [-0.2, -0.15) is 0 Å². The zero-order chi connectivity index (χ0) is 22.7. The molecule has 0 aliphatic carbocycles. The Labute approximate surface area is 178 Å². The van der Waals surface area contributed by atoms with Crippen molar-refractivity contribution in [2.45, 2.75) is 0 Å². The molecule has 0 spiro atoms. The largest absolute Gasteiger partial charge is 0.504 e. The Hall–Kier alpha value is -3.93. The maximum absolute atomic E-state index is 13.2. The predicted octanol–water partition coefficient (Wildman–Crippen LogP) is 3.12. The van der Waals surface area contributed by atoms with Crippen LogP contribution in [0.15, 0.2) is 41.3 Å². The lowest BCUT2D eigenvalue weighted by Crippen LogP contribution is -2.36. The first-order chi connectivity index (χ1) is 14.7. The van der Waals surface area contributed by atoms with E-state index in [1.165, 1.54) is 25.3 Å². The quantitative estimate of drug-likeness (QED) is 0.391. The van der Waals surface area contributed by atoms with Crippen LogP contribution >= 0.6 is 11.8 Å². The van der Waals surface area contributed by atoms with E-state index in [1.54, 1.807) is 0 Å². The summed E-state index contributed by atoms with van der Waals surface area (Å²) in [6, 6.07) is 7.11. The predicted molar refractivity (Wildman–Crippen MR) is 109 cm³/mol. The van der Waals surface area contributed by atoms with Crippen LogP contribution in [0.1, 0.15) is 5.56 Å². The van der Waals surface area contributed by atoms with E-state index < -0.39 is 45.8 Å². The second kappa shape index (κ2) is 8.83. The van der Waals surface area contributed by atoms with Crippen molar-refractivity contribution < 1.29 is 33.5 Å². The number of nitro benzene ring substituents is 1. The van der Waals surface area contributed by atoms with Crippen LogP contribution in [0.25, 0.3) is 6.08 Å². The van der Waals surface area contributed by atoms with Gasteiger partial charge in [-0.25, -0.2) is 4.39 Å². The first kappa shape index (κ1) is 21.8. The first-order valence-electron chi connectivity index (χ1n) is 8.55. The van der Waals surface area contributed by atoms with Gasteiger partial charge in [-0.05, 0) is 36.0 Å². The summed E-state index contributed by atoms with van der Waals surface area (Å²) < 4.78 is 18.1. The second-order valence-electron chi connectivity index (χ2n) is 6.17. The maximum Gasteiger partial charge on any atom is 0.294 e. The highest BCUT2D eigenvalue weighted by atomic mass is 32.2. The van der Waals surface area contributed by atoms with Crippen LogP contribution in [0, 0.1) is 15.9 Å². The number of nitrogens with one attached hydrogen (secondary N) is 1. The van der Waals surface area contributed by atoms with Crippen LogP contribution in [0.4, 0.5) is 20.6 Å². The molecular weight excluding hydrogens is 433 g/mol. The summed E-state index contributed by atoms with van der Waals surface area (Å²) in [7, 11) is 1.20. The number of carbonyl (C=O) groups is 3. The van der Waals surface area contributed by atoms with Gasteiger partial charge in [0.25, 0.3) is 16.8 Å². The minimum absolute atomic E-state index is 0.110. The van der Waals surface area contributed by atoms with Gasteiger partial charge in [-0.3, -0.25) is 29.4 Å².